The van der Waals surface area contributed by atoms with Crippen LogP contribution in [0.25, 0.3) is 0 Å². The molecule has 0 bridgehead atoms. The van der Waals surface area contributed by atoms with Gasteiger partial charge in [-0.15, -0.1) is 0 Å². The number of nitrogens with one attached hydrogen (secondary N) is 1. The lowest BCUT2D eigenvalue weighted by atomic mass is 10.1. The smallest absolute Gasteiger partial charge is 0.166 e. The molecule has 1 heterocycles. The first kappa shape index (κ1) is 23.5. The van der Waals surface area contributed by atoms with Crippen LogP contribution in [0.3, 0.4) is 0 Å². The molecule has 1 saturated heterocycles. The Balaban J connectivity index is 1.48. The third-order valence-electron chi connectivity index (χ3n) is 5.49. The molecule has 1 aliphatic heterocycles. The number of halogens is 3. The molecule has 174 valence electrons. The summed E-state index contributed by atoms with van der Waals surface area (Å²) >= 11 is 12.7. The van der Waals surface area contributed by atoms with Gasteiger partial charge in [0, 0.05) is 36.4 Å². The van der Waals surface area contributed by atoms with E-state index in [0.717, 1.165) is 30.0 Å². The predicted octanol–water partition coefficient (Wildman–Crippen LogP) is 6.17. The Morgan fingerprint density at radius 3 is 2.55 bits per heavy atom. The highest BCUT2D eigenvalue weighted by Crippen LogP contribution is 2.34. The summed E-state index contributed by atoms with van der Waals surface area (Å²) < 4.78 is 31.1. The number of nitrogens with zero attached hydrogens (tertiary/aromatic N) is 1. The summed E-state index contributed by atoms with van der Waals surface area (Å²) in [6.45, 7) is 3.50. The molecular weight excluding hydrogens is 466 g/mol. The van der Waals surface area contributed by atoms with E-state index in [0.29, 0.717) is 46.9 Å². The maximum Gasteiger partial charge on any atom is 0.166 e. The summed E-state index contributed by atoms with van der Waals surface area (Å²) in [5.41, 5.74) is 3.03. The van der Waals surface area contributed by atoms with Crippen LogP contribution in [0.1, 0.15) is 11.1 Å². The Morgan fingerprint density at radius 1 is 1.03 bits per heavy atom. The summed E-state index contributed by atoms with van der Waals surface area (Å²) in [6.07, 6.45) is 0. The van der Waals surface area contributed by atoms with Crippen molar-refractivity contribution in [2.75, 3.05) is 43.6 Å². The fourth-order valence-electron chi connectivity index (χ4n) is 3.71. The van der Waals surface area contributed by atoms with E-state index in [2.05, 4.69) is 10.2 Å². The van der Waals surface area contributed by atoms with E-state index in [1.807, 2.05) is 30.3 Å². The molecule has 1 N–H and O–H groups in total. The number of rotatable bonds is 8. The molecule has 1 aliphatic rings. The Kier molecular flexibility index (Phi) is 7.81. The van der Waals surface area contributed by atoms with E-state index in [-0.39, 0.29) is 6.61 Å². The first-order valence-corrected chi connectivity index (χ1v) is 11.4. The predicted molar refractivity (Wildman–Crippen MR) is 131 cm³/mol. The monoisotopic (exact) mass is 490 g/mol. The van der Waals surface area contributed by atoms with E-state index in [9.17, 15) is 4.39 Å². The molecule has 0 saturated carbocycles. The largest absolute Gasteiger partial charge is 0.493 e. The number of hydrogen-bond donors (Lipinski definition) is 1. The molecular formula is C25H25Cl2FN2O3. The number of anilines is 2. The minimum absolute atomic E-state index is 0.0149. The van der Waals surface area contributed by atoms with Crippen LogP contribution in [0.4, 0.5) is 15.8 Å². The quantitative estimate of drug-likeness (QED) is 0.408. The summed E-state index contributed by atoms with van der Waals surface area (Å²) in [7, 11) is 1.57. The fourth-order valence-corrected chi connectivity index (χ4v) is 4.23. The van der Waals surface area contributed by atoms with Gasteiger partial charge >= 0.3 is 0 Å². The third-order valence-corrected chi connectivity index (χ3v) is 6.14. The maximum atomic E-state index is 14.2. The lowest BCUT2D eigenvalue weighted by molar-refractivity contribution is 0.122. The van der Waals surface area contributed by atoms with E-state index < -0.39 is 5.82 Å². The minimum atomic E-state index is -0.410. The van der Waals surface area contributed by atoms with Gasteiger partial charge in [0.1, 0.15) is 12.4 Å². The molecule has 0 unspecified atom stereocenters. The average Bonchev–Trinajstić information content (AvgIpc) is 2.83. The molecule has 3 aromatic rings. The van der Waals surface area contributed by atoms with E-state index in [4.69, 9.17) is 37.4 Å². The molecule has 3 aromatic carbocycles. The van der Waals surface area contributed by atoms with Gasteiger partial charge in [0.2, 0.25) is 0 Å². The highest BCUT2D eigenvalue weighted by atomic mass is 35.5. The normalized spacial score (nSPS) is 13.6. The van der Waals surface area contributed by atoms with Gasteiger partial charge in [-0.2, -0.15) is 0 Å². The Hall–Kier alpha value is -2.67. The first-order chi connectivity index (χ1) is 16.1. The van der Waals surface area contributed by atoms with Gasteiger partial charge in [0.15, 0.2) is 11.5 Å². The highest BCUT2D eigenvalue weighted by molar-refractivity contribution is 6.33. The lowest BCUT2D eigenvalue weighted by Gasteiger charge is -2.29. The minimum Gasteiger partial charge on any atom is -0.493 e. The number of methoxy groups -OCH3 is 1. The second-order valence-electron chi connectivity index (χ2n) is 7.56. The zero-order chi connectivity index (χ0) is 23.2. The standard InChI is InChI=1S/C25H25Cl2FN2O3/c1-31-24-7-2-4-17(25(24)33-16-19-20(26)5-3-6-22(19)28)15-29-18-8-9-23(21(27)14-18)30-10-12-32-13-11-30/h2-9,14,29H,10-13,15-16H2,1H3. The lowest BCUT2D eigenvalue weighted by Crippen LogP contribution is -2.36. The Bertz CT molecular complexity index is 1090. The van der Waals surface area contributed by atoms with Crippen molar-refractivity contribution in [1.82, 2.24) is 0 Å². The molecule has 0 spiro atoms. The van der Waals surface area contributed by atoms with Crippen molar-refractivity contribution in [3.05, 3.63) is 81.6 Å². The average molecular weight is 491 g/mol. The molecule has 8 heteroatoms. The molecule has 0 amide bonds. The van der Waals surface area contributed by atoms with Crippen LogP contribution < -0.4 is 19.7 Å². The van der Waals surface area contributed by atoms with Crippen molar-refractivity contribution in [1.29, 1.82) is 0 Å². The summed E-state index contributed by atoms with van der Waals surface area (Å²) in [6, 6.07) is 16.1. The topological polar surface area (TPSA) is 43.0 Å². The Morgan fingerprint density at radius 2 is 1.82 bits per heavy atom. The van der Waals surface area contributed by atoms with Crippen molar-refractivity contribution in [3.63, 3.8) is 0 Å². The molecule has 0 radical (unpaired) electrons. The van der Waals surface area contributed by atoms with Crippen molar-refractivity contribution in [3.8, 4) is 11.5 Å². The summed E-state index contributed by atoms with van der Waals surface area (Å²) in [5, 5.41) is 4.38. The van der Waals surface area contributed by atoms with Crippen LogP contribution in [0.15, 0.2) is 54.6 Å². The van der Waals surface area contributed by atoms with Crippen molar-refractivity contribution >= 4 is 34.6 Å². The zero-order valence-corrected chi connectivity index (χ0v) is 19.8. The van der Waals surface area contributed by atoms with Crippen LogP contribution >= 0.6 is 23.2 Å². The maximum absolute atomic E-state index is 14.2. The Labute approximate surface area is 203 Å². The summed E-state index contributed by atoms with van der Waals surface area (Å²) in [4.78, 5) is 2.22. The van der Waals surface area contributed by atoms with Gasteiger partial charge in [0.05, 0.1) is 36.1 Å². The molecule has 4 rings (SSSR count). The van der Waals surface area contributed by atoms with Crippen LogP contribution in [0.2, 0.25) is 10.0 Å². The van der Waals surface area contributed by atoms with Gasteiger partial charge in [-0.05, 0) is 36.4 Å². The first-order valence-electron chi connectivity index (χ1n) is 10.6. The van der Waals surface area contributed by atoms with Crippen LogP contribution in [-0.4, -0.2) is 33.4 Å². The molecule has 1 fully saturated rings. The van der Waals surface area contributed by atoms with Crippen molar-refractivity contribution < 1.29 is 18.6 Å². The molecule has 0 atom stereocenters. The summed E-state index contributed by atoms with van der Waals surface area (Å²) in [5.74, 6) is 0.678. The van der Waals surface area contributed by atoms with Gasteiger partial charge in [-0.1, -0.05) is 41.4 Å². The number of para-hydroxylation sites is 1. The number of ether oxygens (including phenoxy) is 3. The zero-order valence-electron chi connectivity index (χ0n) is 18.2. The molecule has 33 heavy (non-hydrogen) atoms. The molecule has 0 aliphatic carbocycles. The molecule has 0 aromatic heterocycles. The number of benzene rings is 3. The van der Waals surface area contributed by atoms with Gasteiger partial charge in [0.25, 0.3) is 0 Å². The molecule has 5 nitrogen and oxygen atoms in total. The van der Waals surface area contributed by atoms with Crippen molar-refractivity contribution in [2.45, 2.75) is 13.2 Å². The van der Waals surface area contributed by atoms with E-state index >= 15 is 0 Å². The second-order valence-corrected chi connectivity index (χ2v) is 8.37. The van der Waals surface area contributed by atoms with Gasteiger partial charge in [-0.25, -0.2) is 4.39 Å². The van der Waals surface area contributed by atoms with E-state index in [1.54, 1.807) is 25.3 Å². The highest BCUT2D eigenvalue weighted by Gasteiger charge is 2.16. The van der Waals surface area contributed by atoms with E-state index in [1.165, 1.54) is 6.07 Å². The second kappa shape index (κ2) is 11.0. The fraction of sp³-hybridized carbons (Fsp3) is 0.280. The van der Waals surface area contributed by atoms with Crippen molar-refractivity contribution in [2.24, 2.45) is 0 Å². The SMILES string of the molecule is COc1cccc(CNc2ccc(N3CCOCC3)c(Cl)c2)c1OCc1c(F)cccc1Cl. The number of hydrogen-bond acceptors (Lipinski definition) is 5. The van der Waals surface area contributed by atoms with Crippen LogP contribution in [-0.2, 0) is 17.9 Å². The van der Waals surface area contributed by atoms with Gasteiger partial charge < -0.3 is 24.4 Å². The van der Waals surface area contributed by atoms with Gasteiger partial charge in [-0.3, -0.25) is 0 Å². The van der Waals surface area contributed by atoms with Crippen LogP contribution in [0.5, 0.6) is 11.5 Å². The number of morpholine rings is 1. The van der Waals surface area contributed by atoms with Crippen LogP contribution in [0, 0.1) is 5.82 Å². The third kappa shape index (κ3) is 5.64.